The van der Waals surface area contributed by atoms with Crippen LogP contribution in [0.2, 0.25) is 0 Å². The molecule has 142 valence electrons. The van der Waals surface area contributed by atoms with E-state index < -0.39 is 22.9 Å². The van der Waals surface area contributed by atoms with Crippen LogP contribution in [0.15, 0.2) is 30.3 Å². The lowest BCUT2D eigenvalue weighted by Gasteiger charge is -2.30. The second kappa shape index (κ2) is 10.3. The third kappa shape index (κ3) is 5.96. The fourth-order valence-corrected chi connectivity index (χ4v) is 2.41. The molecule has 1 N–H and O–H groups in total. The average Bonchev–Trinajstić information content (AvgIpc) is 2.65. The predicted octanol–water partition coefficient (Wildman–Crippen LogP) is 2.02. The van der Waals surface area contributed by atoms with Crippen LogP contribution in [0.3, 0.4) is 0 Å². The molecule has 0 aliphatic carbocycles. The highest BCUT2D eigenvalue weighted by Gasteiger charge is 2.25. The second-order valence-electron chi connectivity index (χ2n) is 5.84. The number of carbonyl (C=O) groups is 2. The van der Waals surface area contributed by atoms with E-state index in [1.54, 1.807) is 6.92 Å². The first-order valence-electron chi connectivity index (χ1n) is 8.25. The molecule has 8 nitrogen and oxygen atoms in total. The molecular weight excluding hydrogens is 340 g/mol. The van der Waals surface area contributed by atoms with Crippen LogP contribution in [-0.2, 0) is 14.3 Å². The number of hydrogen-bond acceptors (Lipinski definition) is 6. The molecule has 2 unspecified atom stereocenters. The first kappa shape index (κ1) is 21.3. The Hall–Kier alpha value is -2.74. The molecule has 8 heteroatoms. The topological polar surface area (TPSA) is 110 Å². The summed E-state index contributed by atoms with van der Waals surface area (Å²) in [7, 11) is 1.28. The summed E-state index contributed by atoms with van der Waals surface area (Å²) in [6.07, 6.45) is 3.39. The van der Waals surface area contributed by atoms with Crippen LogP contribution in [0.25, 0.3) is 6.08 Å². The number of non-ortho nitro benzene ring substituents is 1. The van der Waals surface area contributed by atoms with Crippen molar-refractivity contribution in [1.82, 2.24) is 4.90 Å². The van der Waals surface area contributed by atoms with Crippen molar-refractivity contribution in [2.45, 2.75) is 26.3 Å². The minimum Gasteiger partial charge on any atom is -0.469 e. The van der Waals surface area contributed by atoms with E-state index in [1.807, 2.05) is 6.92 Å². The molecule has 0 aromatic heterocycles. The van der Waals surface area contributed by atoms with Gasteiger partial charge in [0, 0.05) is 24.8 Å². The Kier molecular flexibility index (Phi) is 8.44. The summed E-state index contributed by atoms with van der Waals surface area (Å²) < 4.78 is 4.69. The van der Waals surface area contributed by atoms with E-state index in [2.05, 4.69) is 4.74 Å². The van der Waals surface area contributed by atoms with E-state index in [0.29, 0.717) is 12.0 Å². The molecule has 1 aromatic rings. The Morgan fingerprint density at radius 2 is 1.96 bits per heavy atom. The Labute approximate surface area is 152 Å². The third-order valence-electron chi connectivity index (χ3n) is 4.00. The fraction of sp³-hybridized carbons (Fsp3) is 0.444. The van der Waals surface area contributed by atoms with Gasteiger partial charge in [0.1, 0.15) is 0 Å². The van der Waals surface area contributed by atoms with Gasteiger partial charge < -0.3 is 14.7 Å². The van der Waals surface area contributed by atoms with Crippen molar-refractivity contribution < 1.29 is 24.4 Å². The maximum atomic E-state index is 12.6. The molecule has 0 saturated heterocycles. The maximum Gasteiger partial charge on any atom is 0.310 e. The number of carbonyl (C=O) groups excluding carboxylic acids is 2. The van der Waals surface area contributed by atoms with E-state index in [0.717, 1.165) is 0 Å². The van der Waals surface area contributed by atoms with Crippen molar-refractivity contribution in [3.63, 3.8) is 0 Å². The first-order valence-corrected chi connectivity index (χ1v) is 8.25. The van der Waals surface area contributed by atoms with E-state index in [-0.39, 0.29) is 24.7 Å². The smallest absolute Gasteiger partial charge is 0.310 e. The largest absolute Gasteiger partial charge is 0.469 e. The molecule has 0 aliphatic heterocycles. The Morgan fingerprint density at radius 3 is 2.42 bits per heavy atom. The molecule has 0 bridgehead atoms. The molecule has 2 atom stereocenters. The molecule has 0 heterocycles. The number of nitro groups is 1. The zero-order chi connectivity index (χ0) is 19.7. The number of benzene rings is 1. The van der Waals surface area contributed by atoms with Gasteiger partial charge in [0.2, 0.25) is 5.91 Å². The minimum atomic E-state index is -0.530. The first-order chi connectivity index (χ1) is 12.3. The molecule has 0 fully saturated rings. The molecule has 0 aliphatic rings. The number of nitrogens with zero attached hydrogens (tertiary/aromatic N) is 2. The fourth-order valence-electron chi connectivity index (χ4n) is 2.41. The number of amides is 1. The number of esters is 1. The van der Waals surface area contributed by atoms with Crippen molar-refractivity contribution in [1.29, 1.82) is 0 Å². The van der Waals surface area contributed by atoms with Gasteiger partial charge >= 0.3 is 5.97 Å². The maximum absolute atomic E-state index is 12.6. The van der Waals surface area contributed by atoms with E-state index in [1.165, 1.54) is 48.4 Å². The van der Waals surface area contributed by atoms with Crippen LogP contribution >= 0.6 is 0 Å². The van der Waals surface area contributed by atoms with Gasteiger partial charge in [-0.05, 0) is 30.2 Å². The SMILES string of the molecule is CCC(CO)N(CC(C)C(=O)OC)C(=O)/C=C/c1ccc([N+](=O)[O-])cc1. The second-order valence-corrected chi connectivity index (χ2v) is 5.84. The molecule has 1 aromatic carbocycles. The number of ether oxygens (including phenoxy) is 1. The van der Waals surface area contributed by atoms with Crippen LogP contribution in [0.5, 0.6) is 0 Å². The molecule has 1 rings (SSSR count). The van der Waals surface area contributed by atoms with Crippen LogP contribution in [0.1, 0.15) is 25.8 Å². The van der Waals surface area contributed by atoms with Crippen molar-refractivity contribution in [2.24, 2.45) is 5.92 Å². The van der Waals surface area contributed by atoms with Crippen molar-refractivity contribution in [2.75, 3.05) is 20.3 Å². The van der Waals surface area contributed by atoms with Crippen LogP contribution in [0.4, 0.5) is 5.69 Å². The molecule has 0 spiro atoms. The number of methoxy groups -OCH3 is 1. The lowest BCUT2D eigenvalue weighted by atomic mass is 10.1. The van der Waals surface area contributed by atoms with Gasteiger partial charge in [0.25, 0.3) is 5.69 Å². The lowest BCUT2D eigenvalue weighted by Crippen LogP contribution is -2.45. The molecule has 26 heavy (non-hydrogen) atoms. The van der Waals surface area contributed by atoms with Crippen LogP contribution < -0.4 is 0 Å². The summed E-state index contributed by atoms with van der Waals surface area (Å²) in [5.74, 6) is -1.33. The summed E-state index contributed by atoms with van der Waals surface area (Å²) in [6.45, 7) is 3.39. The molecule has 0 radical (unpaired) electrons. The molecule has 0 saturated carbocycles. The normalized spacial score (nSPS) is 13.2. The van der Waals surface area contributed by atoms with E-state index >= 15 is 0 Å². The summed E-state index contributed by atoms with van der Waals surface area (Å²) in [6, 6.07) is 5.35. The van der Waals surface area contributed by atoms with Gasteiger partial charge in [0.15, 0.2) is 0 Å². The Balaban J connectivity index is 2.93. The zero-order valence-corrected chi connectivity index (χ0v) is 15.1. The summed E-state index contributed by atoms with van der Waals surface area (Å²) in [5.41, 5.74) is 0.593. The van der Waals surface area contributed by atoms with Gasteiger partial charge in [-0.25, -0.2) is 0 Å². The van der Waals surface area contributed by atoms with Gasteiger partial charge in [-0.3, -0.25) is 19.7 Å². The highest BCUT2D eigenvalue weighted by molar-refractivity contribution is 5.92. The van der Waals surface area contributed by atoms with Gasteiger partial charge in [-0.15, -0.1) is 0 Å². The van der Waals surface area contributed by atoms with Crippen LogP contribution in [-0.4, -0.2) is 53.1 Å². The quantitative estimate of drug-likeness (QED) is 0.311. The van der Waals surface area contributed by atoms with E-state index in [9.17, 15) is 24.8 Å². The van der Waals surface area contributed by atoms with Crippen molar-refractivity contribution in [3.8, 4) is 0 Å². The Morgan fingerprint density at radius 1 is 1.35 bits per heavy atom. The zero-order valence-electron chi connectivity index (χ0n) is 15.1. The predicted molar refractivity (Wildman–Crippen MR) is 96.2 cm³/mol. The lowest BCUT2D eigenvalue weighted by molar-refractivity contribution is -0.384. The van der Waals surface area contributed by atoms with Gasteiger partial charge in [-0.1, -0.05) is 13.8 Å². The summed E-state index contributed by atoms with van der Waals surface area (Å²) >= 11 is 0. The monoisotopic (exact) mass is 364 g/mol. The highest BCUT2D eigenvalue weighted by atomic mass is 16.6. The number of hydrogen-bond donors (Lipinski definition) is 1. The average molecular weight is 364 g/mol. The van der Waals surface area contributed by atoms with Crippen molar-refractivity contribution in [3.05, 3.63) is 46.0 Å². The number of rotatable bonds is 9. The van der Waals surface area contributed by atoms with Gasteiger partial charge in [-0.2, -0.15) is 0 Å². The third-order valence-corrected chi connectivity index (χ3v) is 4.00. The number of aliphatic hydroxyl groups excluding tert-OH is 1. The number of aliphatic hydroxyl groups is 1. The standard InChI is InChI=1S/C18H24N2O6/c1-4-15(12-21)19(11-13(2)18(23)26-3)17(22)10-7-14-5-8-16(9-6-14)20(24)25/h5-10,13,15,21H,4,11-12H2,1-3H3/b10-7+. The summed E-state index contributed by atoms with van der Waals surface area (Å²) in [4.78, 5) is 35.8. The van der Waals surface area contributed by atoms with Gasteiger partial charge in [0.05, 0.1) is 30.6 Å². The minimum absolute atomic E-state index is 0.0340. The molecule has 1 amide bonds. The summed E-state index contributed by atoms with van der Waals surface area (Å²) in [5, 5.41) is 20.2. The molecular formula is C18H24N2O6. The van der Waals surface area contributed by atoms with E-state index in [4.69, 9.17) is 0 Å². The van der Waals surface area contributed by atoms with Crippen molar-refractivity contribution >= 4 is 23.6 Å². The number of nitro benzene ring substituents is 1. The Bertz CT molecular complexity index is 652. The highest BCUT2D eigenvalue weighted by Crippen LogP contribution is 2.14. The van der Waals surface area contributed by atoms with Crippen LogP contribution in [0, 0.1) is 16.0 Å².